The summed E-state index contributed by atoms with van der Waals surface area (Å²) in [5.74, 6) is 3.23. The Balaban J connectivity index is 2.30. The van der Waals surface area contributed by atoms with Gasteiger partial charge in [-0.3, -0.25) is 9.69 Å². The van der Waals surface area contributed by atoms with E-state index in [4.69, 9.17) is 6.42 Å². The largest absolute Gasteiger partial charge is 0.352 e. The summed E-state index contributed by atoms with van der Waals surface area (Å²) in [6.07, 6.45) is 10.1. The maximum Gasteiger partial charge on any atom is 0.234 e. The van der Waals surface area contributed by atoms with Crippen LogP contribution in [0.15, 0.2) is 0 Å². The zero-order chi connectivity index (χ0) is 12.0. The molecule has 1 N–H and O–H groups in total. The van der Waals surface area contributed by atoms with Crippen molar-refractivity contribution in [1.82, 2.24) is 10.2 Å². The molecule has 3 nitrogen and oxygen atoms in total. The average Bonchev–Trinajstić information content (AvgIpc) is 2.21. The highest BCUT2D eigenvalue weighted by atomic mass is 16.2. The van der Waals surface area contributed by atoms with Crippen molar-refractivity contribution in [3.63, 3.8) is 0 Å². The first-order valence-electron chi connectivity index (χ1n) is 6.05. The van der Waals surface area contributed by atoms with E-state index in [0.717, 1.165) is 6.42 Å². The normalized spacial score (nSPS) is 25.1. The van der Waals surface area contributed by atoms with Crippen molar-refractivity contribution in [1.29, 1.82) is 0 Å². The van der Waals surface area contributed by atoms with Crippen LogP contribution in [0.1, 0.15) is 32.6 Å². The number of carbonyl (C=O) groups excluding carboxylic acids is 1. The van der Waals surface area contributed by atoms with Crippen LogP contribution in [0, 0.1) is 18.3 Å². The molecule has 1 saturated carbocycles. The van der Waals surface area contributed by atoms with E-state index in [9.17, 15) is 4.79 Å². The van der Waals surface area contributed by atoms with Crippen molar-refractivity contribution in [3.05, 3.63) is 0 Å². The quantitative estimate of drug-likeness (QED) is 0.726. The van der Waals surface area contributed by atoms with E-state index in [1.807, 2.05) is 11.9 Å². The van der Waals surface area contributed by atoms with Crippen LogP contribution in [-0.4, -0.2) is 37.0 Å². The zero-order valence-electron chi connectivity index (χ0n) is 10.3. The van der Waals surface area contributed by atoms with Gasteiger partial charge in [-0.1, -0.05) is 25.7 Å². The molecule has 1 aliphatic rings. The molecule has 0 heterocycles. The van der Waals surface area contributed by atoms with Crippen LogP contribution in [-0.2, 0) is 4.79 Å². The third kappa shape index (κ3) is 4.24. The van der Waals surface area contributed by atoms with Crippen molar-refractivity contribution < 1.29 is 4.79 Å². The predicted molar refractivity (Wildman–Crippen MR) is 65.9 cm³/mol. The molecular formula is C13H22N2O. The molecule has 1 fully saturated rings. The Bertz CT molecular complexity index is 270. The maximum atomic E-state index is 11.7. The molecule has 0 spiro atoms. The summed E-state index contributed by atoms with van der Waals surface area (Å²) in [6.45, 7) is 3.14. The third-order valence-corrected chi connectivity index (χ3v) is 3.23. The van der Waals surface area contributed by atoms with Gasteiger partial charge in [0.25, 0.3) is 0 Å². The van der Waals surface area contributed by atoms with Gasteiger partial charge in [-0.15, -0.1) is 6.42 Å². The molecule has 0 unspecified atom stereocenters. The van der Waals surface area contributed by atoms with Gasteiger partial charge in [-0.25, -0.2) is 0 Å². The average molecular weight is 222 g/mol. The first kappa shape index (κ1) is 13.1. The Morgan fingerprint density at radius 2 is 2.19 bits per heavy atom. The smallest absolute Gasteiger partial charge is 0.234 e. The second kappa shape index (κ2) is 6.55. The van der Waals surface area contributed by atoms with E-state index in [1.165, 1.54) is 19.3 Å². The molecule has 3 heteroatoms. The highest BCUT2D eigenvalue weighted by Gasteiger charge is 2.22. The molecule has 1 amide bonds. The van der Waals surface area contributed by atoms with Gasteiger partial charge in [-0.05, 0) is 25.8 Å². The number of terminal acetylenes is 1. The second-order valence-corrected chi connectivity index (χ2v) is 4.81. The summed E-state index contributed by atoms with van der Waals surface area (Å²) in [5, 5.41) is 3.11. The van der Waals surface area contributed by atoms with Crippen molar-refractivity contribution in [2.24, 2.45) is 5.92 Å². The van der Waals surface area contributed by atoms with Crippen LogP contribution in [0.25, 0.3) is 0 Å². The standard InChI is InChI=1S/C13H22N2O/c1-4-9-15(3)10-13(16)14-12-8-6-5-7-11(12)2/h1,11-12H,5-10H2,2-3H3,(H,14,16)/t11-,12+/m1/s1. The molecule has 16 heavy (non-hydrogen) atoms. The SMILES string of the molecule is C#CCN(C)CC(=O)N[C@H]1CCCC[C@H]1C. The number of carbonyl (C=O) groups is 1. The summed E-state index contributed by atoms with van der Waals surface area (Å²) < 4.78 is 0. The van der Waals surface area contributed by atoms with E-state index >= 15 is 0 Å². The molecule has 0 aromatic heterocycles. The van der Waals surface area contributed by atoms with Crippen LogP contribution >= 0.6 is 0 Å². The van der Waals surface area contributed by atoms with Gasteiger partial charge in [0.05, 0.1) is 13.1 Å². The summed E-state index contributed by atoms with van der Waals surface area (Å²) in [7, 11) is 1.86. The lowest BCUT2D eigenvalue weighted by atomic mass is 9.86. The fourth-order valence-corrected chi connectivity index (χ4v) is 2.24. The first-order chi connectivity index (χ1) is 7.63. The summed E-state index contributed by atoms with van der Waals surface area (Å²) in [6, 6.07) is 0.362. The molecule has 0 radical (unpaired) electrons. The van der Waals surface area contributed by atoms with Crippen LogP contribution in [0.3, 0.4) is 0 Å². The second-order valence-electron chi connectivity index (χ2n) is 4.81. The van der Waals surface area contributed by atoms with E-state index in [1.54, 1.807) is 0 Å². The Kier molecular flexibility index (Phi) is 5.34. The summed E-state index contributed by atoms with van der Waals surface area (Å²) in [5.41, 5.74) is 0. The monoisotopic (exact) mass is 222 g/mol. The van der Waals surface area contributed by atoms with E-state index < -0.39 is 0 Å². The summed E-state index contributed by atoms with van der Waals surface area (Å²) in [4.78, 5) is 13.6. The zero-order valence-corrected chi connectivity index (χ0v) is 10.3. The number of rotatable bonds is 4. The van der Waals surface area contributed by atoms with Gasteiger partial charge >= 0.3 is 0 Å². The molecule has 90 valence electrons. The molecule has 1 aliphatic carbocycles. The fraction of sp³-hybridized carbons (Fsp3) is 0.769. The molecule has 0 saturated heterocycles. The highest BCUT2D eigenvalue weighted by molar-refractivity contribution is 5.78. The maximum absolute atomic E-state index is 11.7. The molecule has 0 aromatic carbocycles. The van der Waals surface area contributed by atoms with Crippen LogP contribution < -0.4 is 5.32 Å². The molecule has 0 aromatic rings. The van der Waals surface area contributed by atoms with Crippen LogP contribution in [0.5, 0.6) is 0 Å². The predicted octanol–water partition coefficient (Wildman–Crippen LogP) is 1.25. The molecule has 1 rings (SSSR count). The lowest BCUT2D eigenvalue weighted by Crippen LogP contribution is -2.45. The lowest BCUT2D eigenvalue weighted by molar-refractivity contribution is -0.123. The number of hydrogen-bond acceptors (Lipinski definition) is 2. The van der Waals surface area contributed by atoms with E-state index in [0.29, 0.717) is 25.0 Å². The topological polar surface area (TPSA) is 32.3 Å². The number of nitrogens with one attached hydrogen (secondary N) is 1. The van der Waals surface area contributed by atoms with Gasteiger partial charge in [-0.2, -0.15) is 0 Å². The van der Waals surface area contributed by atoms with Crippen LogP contribution in [0.2, 0.25) is 0 Å². The molecule has 0 aliphatic heterocycles. The van der Waals surface area contributed by atoms with Gasteiger partial charge < -0.3 is 5.32 Å². The van der Waals surface area contributed by atoms with E-state index in [2.05, 4.69) is 18.2 Å². The fourth-order valence-electron chi connectivity index (χ4n) is 2.24. The first-order valence-corrected chi connectivity index (χ1v) is 6.05. The van der Waals surface area contributed by atoms with Gasteiger partial charge in [0.2, 0.25) is 5.91 Å². The van der Waals surface area contributed by atoms with Gasteiger partial charge in [0, 0.05) is 6.04 Å². The highest BCUT2D eigenvalue weighted by Crippen LogP contribution is 2.23. The number of nitrogens with zero attached hydrogens (tertiary/aromatic N) is 1. The Hall–Kier alpha value is -1.01. The number of amides is 1. The van der Waals surface area contributed by atoms with Crippen molar-refractivity contribution in [2.45, 2.75) is 38.6 Å². The number of hydrogen-bond donors (Lipinski definition) is 1. The van der Waals surface area contributed by atoms with E-state index in [-0.39, 0.29) is 5.91 Å². The Labute approximate surface area is 98.6 Å². The minimum Gasteiger partial charge on any atom is -0.352 e. The minimum absolute atomic E-state index is 0.0940. The third-order valence-electron chi connectivity index (χ3n) is 3.23. The van der Waals surface area contributed by atoms with Crippen molar-refractivity contribution in [3.8, 4) is 12.3 Å². The Morgan fingerprint density at radius 1 is 1.50 bits per heavy atom. The molecule has 2 atom stereocenters. The Morgan fingerprint density at radius 3 is 2.81 bits per heavy atom. The molecule has 0 bridgehead atoms. The number of likely N-dealkylation sites (N-methyl/N-ethyl adjacent to an activating group) is 1. The summed E-state index contributed by atoms with van der Waals surface area (Å²) >= 11 is 0. The van der Waals surface area contributed by atoms with Crippen LogP contribution in [0.4, 0.5) is 0 Å². The molecular weight excluding hydrogens is 200 g/mol. The van der Waals surface area contributed by atoms with Crippen molar-refractivity contribution >= 4 is 5.91 Å². The minimum atomic E-state index is 0.0940. The van der Waals surface area contributed by atoms with Crippen molar-refractivity contribution in [2.75, 3.05) is 20.1 Å². The van der Waals surface area contributed by atoms with Gasteiger partial charge in [0.15, 0.2) is 0 Å². The van der Waals surface area contributed by atoms with Gasteiger partial charge in [0.1, 0.15) is 0 Å². The lowest BCUT2D eigenvalue weighted by Gasteiger charge is -2.30.